The van der Waals surface area contributed by atoms with E-state index in [1.54, 1.807) is 11.3 Å². The number of hydrogen-bond donors (Lipinski definition) is 2. The number of benzene rings is 2. The van der Waals surface area contributed by atoms with E-state index in [1.807, 2.05) is 37.4 Å². The van der Waals surface area contributed by atoms with Crippen LogP contribution in [-0.4, -0.2) is 10.9 Å². The molecular weight excluding hydrogens is 342 g/mol. The van der Waals surface area contributed by atoms with Gasteiger partial charge in [0.25, 0.3) is 0 Å². The molecule has 2 heterocycles. The molecule has 0 unspecified atom stereocenters. The van der Waals surface area contributed by atoms with Gasteiger partial charge >= 0.3 is 0 Å². The summed E-state index contributed by atoms with van der Waals surface area (Å²) in [6.07, 6.45) is 1.82. The average molecular weight is 361 g/mol. The van der Waals surface area contributed by atoms with Crippen molar-refractivity contribution in [3.63, 3.8) is 0 Å². The number of nitrogens with zero attached hydrogens (tertiary/aromatic N) is 1. The summed E-state index contributed by atoms with van der Waals surface area (Å²) in [4.78, 5) is 17.2. The van der Waals surface area contributed by atoms with Crippen molar-refractivity contribution >= 4 is 55.3 Å². The lowest BCUT2D eigenvalue weighted by molar-refractivity contribution is -0.114. The quantitative estimate of drug-likeness (QED) is 0.487. The van der Waals surface area contributed by atoms with Crippen LogP contribution in [0, 0.1) is 13.8 Å². The van der Waals surface area contributed by atoms with E-state index in [9.17, 15) is 4.79 Å². The van der Waals surface area contributed by atoms with Crippen LogP contribution >= 0.6 is 11.3 Å². The zero-order valence-electron chi connectivity index (χ0n) is 14.9. The zero-order chi connectivity index (χ0) is 18.3. The van der Waals surface area contributed by atoms with Crippen LogP contribution in [0.4, 0.5) is 17.1 Å². The van der Waals surface area contributed by atoms with Gasteiger partial charge in [0.05, 0.1) is 5.52 Å². The van der Waals surface area contributed by atoms with Crippen LogP contribution < -0.4 is 10.6 Å². The number of amides is 1. The molecule has 0 radical (unpaired) electrons. The maximum Gasteiger partial charge on any atom is 0.221 e. The first-order valence-corrected chi connectivity index (χ1v) is 9.25. The van der Waals surface area contributed by atoms with Crippen LogP contribution in [0.25, 0.3) is 21.0 Å². The largest absolute Gasteiger partial charge is 0.355 e. The molecule has 130 valence electrons. The predicted octanol–water partition coefficient (Wildman–Crippen LogP) is 5.77. The molecule has 0 saturated carbocycles. The first kappa shape index (κ1) is 16.5. The number of hydrogen-bond acceptors (Lipinski definition) is 4. The van der Waals surface area contributed by atoms with Crippen LogP contribution in [0.2, 0.25) is 0 Å². The fourth-order valence-electron chi connectivity index (χ4n) is 3.10. The maximum absolute atomic E-state index is 11.3. The Balaban J connectivity index is 1.79. The highest BCUT2D eigenvalue weighted by Crippen LogP contribution is 2.34. The number of carbonyl (C=O) groups is 1. The second-order valence-electron chi connectivity index (χ2n) is 6.46. The van der Waals surface area contributed by atoms with Gasteiger partial charge in [-0.05, 0) is 61.2 Å². The molecule has 4 nitrogen and oxygen atoms in total. The number of pyridine rings is 1. The molecule has 0 spiro atoms. The normalized spacial score (nSPS) is 11.0. The number of nitrogens with one attached hydrogen (secondary N) is 2. The summed E-state index contributed by atoms with van der Waals surface area (Å²) >= 11 is 1.79. The lowest BCUT2D eigenvalue weighted by Gasteiger charge is -2.14. The van der Waals surface area contributed by atoms with Crippen LogP contribution in [-0.2, 0) is 4.79 Å². The van der Waals surface area contributed by atoms with Crippen molar-refractivity contribution in [1.29, 1.82) is 0 Å². The average Bonchev–Trinajstić information content (AvgIpc) is 2.94. The van der Waals surface area contributed by atoms with Gasteiger partial charge in [0.15, 0.2) is 0 Å². The zero-order valence-corrected chi connectivity index (χ0v) is 15.7. The Hall–Kier alpha value is -2.92. The molecule has 5 heteroatoms. The van der Waals surface area contributed by atoms with Gasteiger partial charge < -0.3 is 10.6 Å². The van der Waals surface area contributed by atoms with E-state index >= 15 is 0 Å². The van der Waals surface area contributed by atoms with Crippen LogP contribution in [0.1, 0.15) is 17.4 Å². The third kappa shape index (κ3) is 3.13. The first-order chi connectivity index (χ1) is 12.5. The van der Waals surface area contributed by atoms with Gasteiger partial charge in [-0.1, -0.05) is 6.07 Å². The Morgan fingerprint density at radius 3 is 2.69 bits per heavy atom. The molecule has 0 aliphatic heterocycles. The Morgan fingerprint density at radius 2 is 1.88 bits per heavy atom. The highest BCUT2D eigenvalue weighted by molar-refractivity contribution is 7.19. The van der Waals surface area contributed by atoms with Crippen molar-refractivity contribution in [2.75, 3.05) is 10.6 Å². The minimum absolute atomic E-state index is 0.0791. The molecule has 0 aliphatic rings. The van der Waals surface area contributed by atoms with Crippen molar-refractivity contribution in [3.8, 4) is 0 Å². The summed E-state index contributed by atoms with van der Waals surface area (Å²) in [5.74, 6) is -0.0791. The number of aryl methyl sites for hydroxylation is 2. The topological polar surface area (TPSA) is 54.0 Å². The smallest absolute Gasteiger partial charge is 0.221 e. The third-order valence-corrected chi connectivity index (χ3v) is 5.34. The SMILES string of the molecule is CC(=O)Nc1ccc(C)c(Nc2ccnc3cc4cc(C)sc4cc23)c1. The fraction of sp³-hybridized carbons (Fsp3) is 0.143. The lowest BCUT2D eigenvalue weighted by atomic mass is 10.1. The molecule has 0 bridgehead atoms. The summed E-state index contributed by atoms with van der Waals surface area (Å²) < 4.78 is 1.26. The van der Waals surface area contributed by atoms with Gasteiger partial charge in [0, 0.05) is 45.1 Å². The summed E-state index contributed by atoms with van der Waals surface area (Å²) in [7, 11) is 0. The van der Waals surface area contributed by atoms with Crippen molar-refractivity contribution in [1.82, 2.24) is 4.98 Å². The Bertz CT molecular complexity index is 1150. The van der Waals surface area contributed by atoms with Crippen LogP contribution in [0.15, 0.2) is 48.7 Å². The van der Waals surface area contributed by atoms with Gasteiger partial charge in [-0.3, -0.25) is 9.78 Å². The number of carbonyl (C=O) groups excluding carboxylic acids is 1. The van der Waals surface area contributed by atoms with Gasteiger partial charge in [0.2, 0.25) is 5.91 Å². The van der Waals surface area contributed by atoms with E-state index in [4.69, 9.17) is 0 Å². The van der Waals surface area contributed by atoms with E-state index in [2.05, 4.69) is 40.7 Å². The van der Waals surface area contributed by atoms with Gasteiger partial charge in [0.1, 0.15) is 0 Å². The van der Waals surface area contributed by atoms with E-state index < -0.39 is 0 Å². The molecule has 0 fully saturated rings. The molecule has 1 amide bonds. The summed E-state index contributed by atoms with van der Waals surface area (Å²) in [6, 6.07) is 14.4. The highest BCUT2D eigenvalue weighted by atomic mass is 32.1. The summed E-state index contributed by atoms with van der Waals surface area (Å²) in [5.41, 5.74) is 4.82. The predicted molar refractivity (Wildman–Crippen MR) is 111 cm³/mol. The molecule has 4 aromatic rings. The molecular formula is C21H19N3OS. The molecule has 2 aromatic heterocycles. The number of anilines is 3. The van der Waals surface area contributed by atoms with Gasteiger partial charge in [-0.2, -0.15) is 0 Å². The van der Waals surface area contributed by atoms with E-state index in [0.29, 0.717) is 0 Å². The molecule has 0 atom stereocenters. The summed E-state index contributed by atoms with van der Waals surface area (Å²) in [5, 5.41) is 8.67. The van der Waals surface area contributed by atoms with Gasteiger partial charge in [-0.15, -0.1) is 11.3 Å². The minimum Gasteiger partial charge on any atom is -0.355 e. The van der Waals surface area contributed by atoms with Crippen molar-refractivity contribution in [2.24, 2.45) is 0 Å². The Kier molecular flexibility index (Phi) is 4.09. The monoisotopic (exact) mass is 361 g/mol. The lowest BCUT2D eigenvalue weighted by Crippen LogP contribution is -2.06. The summed E-state index contributed by atoms with van der Waals surface area (Å²) in [6.45, 7) is 5.68. The minimum atomic E-state index is -0.0791. The fourth-order valence-corrected chi connectivity index (χ4v) is 4.05. The van der Waals surface area contributed by atoms with E-state index in [0.717, 1.165) is 33.5 Å². The first-order valence-electron chi connectivity index (χ1n) is 8.44. The molecule has 2 aromatic carbocycles. The van der Waals surface area contributed by atoms with Crippen LogP contribution in [0.3, 0.4) is 0 Å². The highest BCUT2D eigenvalue weighted by Gasteiger charge is 2.08. The molecule has 0 aliphatic carbocycles. The Morgan fingerprint density at radius 1 is 1.04 bits per heavy atom. The second kappa shape index (κ2) is 6.42. The Labute approximate surface area is 155 Å². The van der Waals surface area contributed by atoms with Crippen molar-refractivity contribution in [2.45, 2.75) is 20.8 Å². The number of fused-ring (bicyclic) bond motifs is 2. The second-order valence-corrected chi connectivity index (χ2v) is 7.75. The maximum atomic E-state index is 11.3. The van der Waals surface area contributed by atoms with E-state index in [1.165, 1.54) is 21.9 Å². The number of aromatic nitrogens is 1. The van der Waals surface area contributed by atoms with Crippen molar-refractivity contribution in [3.05, 3.63) is 59.1 Å². The number of thiophene rings is 1. The third-order valence-electron chi connectivity index (χ3n) is 4.33. The molecule has 0 saturated heterocycles. The van der Waals surface area contributed by atoms with Gasteiger partial charge in [-0.25, -0.2) is 0 Å². The standard InChI is InChI=1S/C21H19N3OS/c1-12-4-5-16(23-14(3)25)10-19(12)24-18-6-7-22-20-9-15-8-13(2)26-21(15)11-17(18)20/h4-11H,1-3H3,(H,22,24)(H,23,25). The van der Waals surface area contributed by atoms with Crippen LogP contribution in [0.5, 0.6) is 0 Å². The molecule has 26 heavy (non-hydrogen) atoms. The van der Waals surface area contributed by atoms with E-state index in [-0.39, 0.29) is 5.91 Å². The van der Waals surface area contributed by atoms with Crippen molar-refractivity contribution < 1.29 is 4.79 Å². The molecule has 2 N–H and O–H groups in total. The molecule has 4 rings (SSSR count). The number of rotatable bonds is 3.